The number of aromatic nitrogens is 2. The summed E-state index contributed by atoms with van der Waals surface area (Å²) in [5, 5.41) is 0. The normalized spacial score (nSPS) is 14.6. The Bertz CT molecular complexity index is 1240. The van der Waals surface area contributed by atoms with Crippen LogP contribution in [0.25, 0.3) is 0 Å². The summed E-state index contributed by atoms with van der Waals surface area (Å²) in [7, 11) is 5.03. The molecule has 1 amide bonds. The molecule has 1 atom stereocenters. The fraction of sp³-hybridized carbons (Fsp3) is 0.433. The third-order valence-electron chi connectivity index (χ3n) is 7.61. The van der Waals surface area contributed by atoms with Gasteiger partial charge in [-0.25, -0.2) is 4.98 Å². The van der Waals surface area contributed by atoms with E-state index in [1.807, 2.05) is 48.1 Å². The fourth-order valence-electron chi connectivity index (χ4n) is 5.31. The Labute approximate surface area is 230 Å². The van der Waals surface area contributed by atoms with E-state index in [2.05, 4.69) is 21.7 Å². The number of piperazine rings is 1. The minimum absolute atomic E-state index is 0.173. The van der Waals surface area contributed by atoms with Crippen LogP contribution in [-0.4, -0.2) is 85.5 Å². The largest absolute Gasteiger partial charge is 0.493 e. The number of amides is 1. The lowest BCUT2D eigenvalue weighted by atomic mass is 9.97. The van der Waals surface area contributed by atoms with Crippen LogP contribution in [0.4, 0.5) is 5.69 Å². The Balaban J connectivity index is 1.67. The predicted octanol–water partition coefficient (Wildman–Crippen LogP) is 4.15. The number of carbonyl (C=O) groups is 2. The van der Waals surface area contributed by atoms with E-state index in [-0.39, 0.29) is 11.9 Å². The lowest BCUT2D eigenvalue weighted by Crippen LogP contribution is -2.47. The van der Waals surface area contributed by atoms with Gasteiger partial charge in [-0.3, -0.25) is 9.59 Å². The van der Waals surface area contributed by atoms with Crippen molar-refractivity contribution in [1.82, 2.24) is 19.4 Å². The first kappa shape index (κ1) is 28.2. The number of aryl methyl sites for hydroxylation is 1. The summed E-state index contributed by atoms with van der Waals surface area (Å²) in [5.74, 6) is 1.07. The minimum atomic E-state index is -0.245. The van der Waals surface area contributed by atoms with Gasteiger partial charge in [0.05, 0.1) is 37.8 Å². The number of imidazole rings is 1. The molecule has 0 radical (unpaired) electrons. The van der Waals surface area contributed by atoms with E-state index >= 15 is 0 Å². The number of ether oxygens (including phenoxy) is 2. The Morgan fingerprint density at radius 3 is 2.51 bits per heavy atom. The van der Waals surface area contributed by atoms with E-state index in [1.54, 1.807) is 37.7 Å². The number of hydrogen-bond acceptors (Lipinski definition) is 7. The second-order valence-electron chi connectivity index (χ2n) is 9.77. The van der Waals surface area contributed by atoms with Crippen LogP contribution in [0.5, 0.6) is 11.5 Å². The first-order valence-corrected chi connectivity index (χ1v) is 13.5. The van der Waals surface area contributed by atoms with E-state index in [0.717, 1.165) is 63.2 Å². The van der Waals surface area contributed by atoms with Crippen molar-refractivity contribution in [2.24, 2.45) is 0 Å². The molecule has 9 nitrogen and oxygen atoms in total. The molecule has 1 saturated heterocycles. The number of aldehydes is 1. The van der Waals surface area contributed by atoms with Crippen molar-refractivity contribution in [1.29, 1.82) is 0 Å². The van der Waals surface area contributed by atoms with Crippen LogP contribution in [0.1, 0.15) is 52.1 Å². The maximum absolute atomic E-state index is 14.3. The highest BCUT2D eigenvalue weighted by Gasteiger charge is 2.29. The molecule has 1 aliphatic rings. The molecule has 1 fully saturated rings. The number of anilines is 1. The average Bonchev–Trinajstić information content (AvgIpc) is 3.51. The number of rotatable bonds is 12. The van der Waals surface area contributed by atoms with Gasteiger partial charge in [-0.1, -0.05) is 25.1 Å². The van der Waals surface area contributed by atoms with E-state index in [1.165, 1.54) is 0 Å². The van der Waals surface area contributed by atoms with Crippen molar-refractivity contribution in [3.8, 4) is 11.5 Å². The van der Waals surface area contributed by atoms with Crippen LogP contribution < -0.4 is 14.4 Å². The van der Waals surface area contributed by atoms with Crippen molar-refractivity contribution in [2.75, 3.05) is 58.9 Å². The third kappa shape index (κ3) is 6.42. The standard InChI is InChI=1S/C30H39N5O4/c1-5-33-16-18-35(19-17-33)26-9-6-8-24(21-36)29(26)30(37)32(2)25(10-7-14-34-15-13-31-22-34)23-11-12-27(38-3)28(20-23)39-4/h6,8-9,11-13,15,20-22,25H,5,7,10,14,16-19H2,1-4H3/t25-/m1/s1. The lowest BCUT2D eigenvalue weighted by molar-refractivity contribution is 0.0717. The van der Waals surface area contributed by atoms with Crippen LogP contribution in [-0.2, 0) is 6.54 Å². The van der Waals surface area contributed by atoms with Crippen LogP contribution in [0.15, 0.2) is 55.1 Å². The van der Waals surface area contributed by atoms with Crippen molar-refractivity contribution >= 4 is 17.9 Å². The number of carbonyl (C=O) groups excluding carboxylic acids is 2. The molecule has 0 saturated carbocycles. The van der Waals surface area contributed by atoms with Crippen molar-refractivity contribution in [3.05, 3.63) is 71.8 Å². The maximum Gasteiger partial charge on any atom is 0.256 e. The second kappa shape index (κ2) is 13.3. The van der Waals surface area contributed by atoms with Gasteiger partial charge in [-0.15, -0.1) is 0 Å². The maximum atomic E-state index is 14.3. The molecule has 0 spiro atoms. The summed E-state index contributed by atoms with van der Waals surface area (Å²) < 4.78 is 13.0. The van der Waals surface area contributed by atoms with Gasteiger partial charge in [0, 0.05) is 57.7 Å². The predicted molar refractivity (Wildman–Crippen MR) is 152 cm³/mol. The fourth-order valence-corrected chi connectivity index (χ4v) is 5.31. The number of methoxy groups -OCH3 is 2. The second-order valence-corrected chi connectivity index (χ2v) is 9.77. The zero-order chi connectivity index (χ0) is 27.8. The van der Waals surface area contributed by atoms with Crippen LogP contribution >= 0.6 is 0 Å². The van der Waals surface area contributed by atoms with Gasteiger partial charge in [0.1, 0.15) is 0 Å². The summed E-state index contributed by atoms with van der Waals surface area (Å²) in [4.78, 5) is 36.9. The molecule has 0 aliphatic carbocycles. The summed E-state index contributed by atoms with van der Waals surface area (Å²) in [5.41, 5.74) is 2.62. The Morgan fingerprint density at radius 2 is 1.87 bits per heavy atom. The zero-order valence-corrected chi connectivity index (χ0v) is 23.4. The molecular formula is C30H39N5O4. The van der Waals surface area contributed by atoms with Crippen molar-refractivity contribution in [3.63, 3.8) is 0 Å². The molecule has 0 bridgehead atoms. The molecule has 3 aromatic rings. The monoisotopic (exact) mass is 533 g/mol. The van der Waals surface area contributed by atoms with Crippen LogP contribution in [0, 0.1) is 0 Å². The minimum Gasteiger partial charge on any atom is -0.493 e. The van der Waals surface area contributed by atoms with Gasteiger partial charge in [0.15, 0.2) is 17.8 Å². The SMILES string of the molecule is CCN1CCN(c2cccc(C=O)c2C(=O)N(C)[C@H](CCCn2ccnc2)c2ccc(OC)c(OC)c2)CC1. The Morgan fingerprint density at radius 1 is 1.10 bits per heavy atom. The van der Waals surface area contributed by atoms with E-state index in [4.69, 9.17) is 9.47 Å². The van der Waals surface area contributed by atoms with Gasteiger partial charge in [0.25, 0.3) is 5.91 Å². The van der Waals surface area contributed by atoms with Crippen LogP contribution in [0.2, 0.25) is 0 Å². The Kier molecular flexibility index (Phi) is 9.59. The molecule has 39 heavy (non-hydrogen) atoms. The molecule has 1 aliphatic heterocycles. The molecule has 2 heterocycles. The highest BCUT2D eigenvalue weighted by atomic mass is 16.5. The summed E-state index contributed by atoms with van der Waals surface area (Å²) >= 11 is 0. The lowest BCUT2D eigenvalue weighted by Gasteiger charge is -2.37. The molecular weight excluding hydrogens is 494 g/mol. The van der Waals surface area contributed by atoms with Crippen molar-refractivity contribution < 1.29 is 19.1 Å². The van der Waals surface area contributed by atoms with Gasteiger partial charge >= 0.3 is 0 Å². The van der Waals surface area contributed by atoms with Gasteiger partial charge in [0.2, 0.25) is 0 Å². The quantitative estimate of drug-likeness (QED) is 0.324. The number of hydrogen-bond donors (Lipinski definition) is 0. The Hall–Kier alpha value is -3.85. The van der Waals surface area contributed by atoms with Gasteiger partial charge < -0.3 is 28.7 Å². The van der Waals surface area contributed by atoms with Gasteiger partial charge in [-0.2, -0.15) is 0 Å². The molecule has 4 rings (SSSR count). The topological polar surface area (TPSA) is 80.1 Å². The van der Waals surface area contributed by atoms with E-state index in [9.17, 15) is 9.59 Å². The number of nitrogens with zero attached hydrogens (tertiary/aromatic N) is 5. The molecule has 0 unspecified atom stereocenters. The summed E-state index contributed by atoms with van der Waals surface area (Å²) in [6.07, 6.45) is 7.82. The highest BCUT2D eigenvalue weighted by molar-refractivity contribution is 6.06. The molecule has 0 N–H and O–H groups in total. The third-order valence-corrected chi connectivity index (χ3v) is 7.61. The first-order chi connectivity index (χ1) is 19.0. The van der Waals surface area contributed by atoms with Crippen molar-refractivity contribution in [2.45, 2.75) is 32.4 Å². The highest BCUT2D eigenvalue weighted by Crippen LogP contribution is 2.35. The van der Waals surface area contributed by atoms with Crippen LogP contribution in [0.3, 0.4) is 0 Å². The van der Waals surface area contributed by atoms with E-state index in [0.29, 0.717) is 29.0 Å². The summed E-state index contributed by atoms with van der Waals surface area (Å²) in [6.45, 7) is 7.41. The summed E-state index contributed by atoms with van der Waals surface area (Å²) in [6, 6.07) is 11.1. The number of benzene rings is 2. The van der Waals surface area contributed by atoms with E-state index < -0.39 is 0 Å². The zero-order valence-electron chi connectivity index (χ0n) is 23.4. The molecule has 9 heteroatoms. The van der Waals surface area contributed by atoms with Gasteiger partial charge in [-0.05, 0) is 43.1 Å². The smallest absolute Gasteiger partial charge is 0.256 e. The average molecular weight is 534 g/mol. The number of likely N-dealkylation sites (N-methyl/N-ethyl adjacent to an activating group) is 1. The molecule has 1 aromatic heterocycles. The molecule has 2 aromatic carbocycles. The molecule has 208 valence electrons. The first-order valence-electron chi connectivity index (χ1n) is 13.5.